The summed E-state index contributed by atoms with van der Waals surface area (Å²) in [6.07, 6.45) is 0. The molecule has 0 amide bonds. The molecule has 3 aromatic rings. The van der Waals surface area contributed by atoms with Crippen LogP contribution in [-0.4, -0.2) is 18.8 Å². The molecule has 0 atom stereocenters. The Hall–Kier alpha value is -2.95. The van der Waals surface area contributed by atoms with E-state index in [4.69, 9.17) is 13.9 Å². The van der Waals surface area contributed by atoms with Gasteiger partial charge in [-0.1, -0.05) is 6.07 Å². The third kappa shape index (κ3) is 2.93. The molecule has 0 fully saturated rings. The van der Waals surface area contributed by atoms with Crippen molar-refractivity contribution in [2.75, 3.05) is 13.7 Å². The van der Waals surface area contributed by atoms with Crippen LogP contribution >= 0.6 is 0 Å². The highest BCUT2D eigenvalue weighted by atomic mass is 16.5. The van der Waals surface area contributed by atoms with Gasteiger partial charge in [0, 0.05) is 5.56 Å². The van der Waals surface area contributed by atoms with E-state index in [2.05, 4.69) is 0 Å². The van der Waals surface area contributed by atoms with Crippen molar-refractivity contribution >= 4 is 11.0 Å². The average molecular weight is 340 g/mol. The highest BCUT2D eigenvalue weighted by Gasteiger charge is 2.18. The number of benzene rings is 2. The van der Waals surface area contributed by atoms with Crippen LogP contribution in [-0.2, 0) is 0 Å². The minimum atomic E-state index is -0.448. The van der Waals surface area contributed by atoms with Gasteiger partial charge in [-0.3, -0.25) is 4.79 Å². The summed E-state index contributed by atoms with van der Waals surface area (Å²) in [5.41, 5.74) is 2.34. The molecule has 0 aliphatic rings. The first-order chi connectivity index (χ1) is 12.0. The van der Waals surface area contributed by atoms with Crippen molar-refractivity contribution < 1.29 is 19.0 Å². The van der Waals surface area contributed by atoms with Crippen LogP contribution < -0.4 is 14.9 Å². The number of methoxy groups -OCH3 is 1. The molecule has 5 heteroatoms. The van der Waals surface area contributed by atoms with Crippen LogP contribution in [0.2, 0.25) is 0 Å². The second-order valence-corrected chi connectivity index (χ2v) is 5.87. The summed E-state index contributed by atoms with van der Waals surface area (Å²) in [4.78, 5) is 12.6. The van der Waals surface area contributed by atoms with Gasteiger partial charge in [-0.05, 0) is 56.2 Å². The predicted octanol–water partition coefficient (Wildman–Crippen LogP) is 4.19. The summed E-state index contributed by atoms with van der Waals surface area (Å²) in [5.74, 6) is 0.791. The SMILES string of the molecule is CCOc1ccc(-c2oc3c(C)cc(C)cc3c(=O)c2O)cc1OC. The highest BCUT2D eigenvalue weighted by Crippen LogP contribution is 2.36. The van der Waals surface area contributed by atoms with E-state index in [9.17, 15) is 9.90 Å². The lowest BCUT2D eigenvalue weighted by Crippen LogP contribution is -2.04. The molecule has 0 saturated heterocycles. The Morgan fingerprint density at radius 1 is 1.12 bits per heavy atom. The molecular weight excluding hydrogens is 320 g/mol. The Kier molecular flexibility index (Phi) is 4.40. The van der Waals surface area contributed by atoms with E-state index in [1.54, 1.807) is 24.3 Å². The standard InChI is InChI=1S/C20H20O5/c1-5-24-15-7-6-13(10-16(15)23-4)20-18(22)17(21)14-9-11(2)8-12(3)19(14)25-20/h6-10,22H,5H2,1-4H3. The van der Waals surface area contributed by atoms with E-state index in [0.717, 1.165) is 11.1 Å². The van der Waals surface area contributed by atoms with Crippen LogP contribution in [0.4, 0.5) is 0 Å². The van der Waals surface area contributed by atoms with Crippen LogP contribution in [0.25, 0.3) is 22.3 Å². The van der Waals surface area contributed by atoms with E-state index in [1.807, 2.05) is 26.8 Å². The number of rotatable bonds is 4. The fraction of sp³-hybridized carbons (Fsp3) is 0.250. The molecule has 0 spiro atoms. The molecule has 0 bridgehead atoms. The smallest absolute Gasteiger partial charge is 0.235 e. The van der Waals surface area contributed by atoms with E-state index < -0.39 is 11.2 Å². The maximum absolute atomic E-state index is 12.6. The van der Waals surface area contributed by atoms with Crippen molar-refractivity contribution in [1.82, 2.24) is 0 Å². The summed E-state index contributed by atoms with van der Waals surface area (Å²) in [7, 11) is 1.53. The fourth-order valence-corrected chi connectivity index (χ4v) is 2.92. The zero-order valence-corrected chi connectivity index (χ0v) is 14.7. The van der Waals surface area contributed by atoms with Crippen LogP contribution in [0.1, 0.15) is 18.1 Å². The quantitative estimate of drug-likeness (QED) is 0.771. The molecule has 0 aliphatic heterocycles. The molecule has 3 rings (SSSR count). The van der Waals surface area contributed by atoms with Crippen molar-refractivity contribution in [2.24, 2.45) is 0 Å². The molecule has 1 N–H and O–H groups in total. The Bertz CT molecular complexity index is 1000. The third-order valence-corrected chi connectivity index (χ3v) is 4.02. The second kappa shape index (κ2) is 6.51. The van der Waals surface area contributed by atoms with Crippen molar-refractivity contribution in [3.05, 3.63) is 51.7 Å². The van der Waals surface area contributed by atoms with Crippen LogP contribution in [0.5, 0.6) is 17.2 Å². The lowest BCUT2D eigenvalue weighted by atomic mass is 10.1. The molecule has 0 radical (unpaired) electrons. The Morgan fingerprint density at radius 2 is 1.88 bits per heavy atom. The number of aromatic hydroxyl groups is 1. The van der Waals surface area contributed by atoms with Gasteiger partial charge in [0.2, 0.25) is 11.2 Å². The molecule has 130 valence electrons. The normalized spacial score (nSPS) is 10.9. The Labute approximate surface area is 145 Å². The topological polar surface area (TPSA) is 68.9 Å². The van der Waals surface area contributed by atoms with Gasteiger partial charge >= 0.3 is 0 Å². The molecule has 25 heavy (non-hydrogen) atoms. The minimum absolute atomic E-state index is 0.116. The zero-order chi connectivity index (χ0) is 18.1. The Balaban J connectivity index is 2.26. The zero-order valence-electron chi connectivity index (χ0n) is 14.7. The third-order valence-electron chi connectivity index (χ3n) is 4.02. The lowest BCUT2D eigenvalue weighted by molar-refractivity contribution is 0.311. The van der Waals surface area contributed by atoms with Gasteiger partial charge in [0.1, 0.15) is 5.58 Å². The number of hydrogen-bond acceptors (Lipinski definition) is 5. The van der Waals surface area contributed by atoms with Gasteiger partial charge < -0.3 is 19.0 Å². The molecule has 0 aliphatic carbocycles. The van der Waals surface area contributed by atoms with Crippen molar-refractivity contribution in [3.63, 3.8) is 0 Å². The second-order valence-electron chi connectivity index (χ2n) is 5.87. The summed E-state index contributed by atoms with van der Waals surface area (Å²) in [6.45, 7) is 6.16. The molecule has 0 saturated carbocycles. The number of aryl methyl sites for hydroxylation is 2. The largest absolute Gasteiger partial charge is 0.502 e. The average Bonchev–Trinajstić information content (AvgIpc) is 2.59. The van der Waals surface area contributed by atoms with Crippen LogP contribution in [0, 0.1) is 13.8 Å². The predicted molar refractivity (Wildman–Crippen MR) is 96.8 cm³/mol. The van der Waals surface area contributed by atoms with Crippen molar-refractivity contribution in [1.29, 1.82) is 0 Å². The van der Waals surface area contributed by atoms with Crippen LogP contribution in [0.3, 0.4) is 0 Å². The molecule has 2 aromatic carbocycles. The van der Waals surface area contributed by atoms with Gasteiger partial charge in [0.05, 0.1) is 19.1 Å². The van der Waals surface area contributed by atoms with Crippen LogP contribution in [0.15, 0.2) is 39.5 Å². The lowest BCUT2D eigenvalue weighted by Gasteiger charge is -2.12. The first kappa shape index (κ1) is 16.9. The summed E-state index contributed by atoms with van der Waals surface area (Å²) in [5, 5.41) is 10.8. The molecule has 5 nitrogen and oxygen atoms in total. The monoisotopic (exact) mass is 340 g/mol. The number of hydrogen-bond donors (Lipinski definition) is 1. The summed E-state index contributed by atoms with van der Waals surface area (Å²) < 4.78 is 16.7. The number of fused-ring (bicyclic) bond motifs is 1. The van der Waals surface area contributed by atoms with E-state index >= 15 is 0 Å². The van der Waals surface area contributed by atoms with E-state index in [-0.39, 0.29) is 5.76 Å². The number of ether oxygens (including phenoxy) is 2. The highest BCUT2D eigenvalue weighted by molar-refractivity contribution is 5.85. The molecule has 1 heterocycles. The van der Waals surface area contributed by atoms with Gasteiger partial charge in [-0.25, -0.2) is 0 Å². The van der Waals surface area contributed by atoms with Gasteiger partial charge in [0.15, 0.2) is 17.3 Å². The molecule has 0 unspecified atom stereocenters. The first-order valence-electron chi connectivity index (χ1n) is 8.04. The van der Waals surface area contributed by atoms with E-state index in [1.165, 1.54) is 7.11 Å². The van der Waals surface area contributed by atoms with Gasteiger partial charge in [-0.2, -0.15) is 0 Å². The summed E-state index contributed by atoms with van der Waals surface area (Å²) in [6, 6.07) is 8.78. The first-order valence-corrected chi connectivity index (χ1v) is 8.04. The molecule has 1 aromatic heterocycles. The summed E-state index contributed by atoms with van der Waals surface area (Å²) >= 11 is 0. The van der Waals surface area contributed by atoms with Crippen molar-refractivity contribution in [3.8, 4) is 28.6 Å². The fourth-order valence-electron chi connectivity index (χ4n) is 2.92. The Morgan fingerprint density at radius 3 is 2.56 bits per heavy atom. The van der Waals surface area contributed by atoms with Crippen molar-refractivity contribution in [2.45, 2.75) is 20.8 Å². The maximum atomic E-state index is 12.6. The van der Waals surface area contributed by atoms with Gasteiger partial charge in [-0.15, -0.1) is 0 Å². The maximum Gasteiger partial charge on any atom is 0.235 e. The van der Waals surface area contributed by atoms with E-state index in [0.29, 0.717) is 34.6 Å². The van der Waals surface area contributed by atoms with Gasteiger partial charge in [0.25, 0.3) is 0 Å². The minimum Gasteiger partial charge on any atom is -0.502 e. The molecular formula is C20H20O5.